The normalized spacial score (nSPS) is 16.1. The molecule has 1 fully saturated rings. The summed E-state index contributed by atoms with van der Waals surface area (Å²) < 4.78 is 50.9. The maximum Gasteiger partial charge on any atom is 0.243 e. The molecule has 0 N–H and O–H groups in total. The molecule has 0 spiro atoms. The summed E-state index contributed by atoms with van der Waals surface area (Å²) >= 11 is 6.09. The first-order chi connectivity index (χ1) is 13.3. The van der Waals surface area contributed by atoms with Gasteiger partial charge in [-0.15, -0.1) is 0 Å². The van der Waals surface area contributed by atoms with Crippen LogP contribution in [-0.2, 0) is 16.6 Å². The lowest BCUT2D eigenvalue weighted by molar-refractivity contribution is 0.181. The van der Waals surface area contributed by atoms with Crippen molar-refractivity contribution < 1.29 is 22.3 Å². The van der Waals surface area contributed by atoms with E-state index in [0.29, 0.717) is 49.2 Å². The summed E-state index contributed by atoms with van der Waals surface area (Å²) in [4.78, 5) is 2.26. The average molecular weight is 429 g/mol. The molecule has 6 nitrogen and oxygen atoms in total. The highest BCUT2D eigenvalue weighted by molar-refractivity contribution is 7.89. The quantitative estimate of drug-likeness (QED) is 0.707. The van der Waals surface area contributed by atoms with Crippen LogP contribution in [0.1, 0.15) is 5.56 Å². The Kier molecular flexibility index (Phi) is 6.44. The summed E-state index contributed by atoms with van der Waals surface area (Å²) in [7, 11) is -0.670. The zero-order valence-corrected chi connectivity index (χ0v) is 17.3. The molecular formula is C19H22ClFN2O4S. The molecule has 1 aliphatic rings. The van der Waals surface area contributed by atoms with Crippen molar-refractivity contribution in [2.24, 2.45) is 0 Å². The van der Waals surface area contributed by atoms with Gasteiger partial charge in [0.05, 0.1) is 19.1 Å². The number of hydrogen-bond acceptors (Lipinski definition) is 5. The molecule has 3 rings (SSSR count). The van der Waals surface area contributed by atoms with Gasteiger partial charge in [0, 0.05) is 43.8 Å². The Bertz CT molecular complexity index is 947. The van der Waals surface area contributed by atoms with E-state index in [4.69, 9.17) is 21.1 Å². The van der Waals surface area contributed by atoms with Crippen LogP contribution in [-0.4, -0.2) is 58.0 Å². The Balaban J connectivity index is 1.68. The Morgan fingerprint density at radius 2 is 1.68 bits per heavy atom. The third-order valence-corrected chi connectivity index (χ3v) is 6.98. The Morgan fingerprint density at radius 1 is 1.00 bits per heavy atom. The van der Waals surface area contributed by atoms with E-state index in [9.17, 15) is 12.8 Å². The van der Waals surface area contributed by atoms with E-state index in [2.05, 4.69) is 4.90 Å². The predicted octanol–water partition coefficient (Wildman–Crippen LogP) is 3.00. The molecule has 0 bridgehead atoms. The minimum Gasteiger partial charge on any atom is -0.493 e. The van der Waals surface area contributed by atoms with Gasteiger partial charge < -0.3 is 9.47 Å². The fourth-order valence-corrected chi connectivity index (χ4v) is 4.81. The van der Waals surface area contributed by atoms with E-state index in [1.54, 1.807) is 12.1 Å². The van der Waals surface area contributed by atoms with Gasteiger partial charge in [-0.1, -0.05) is 17.7 Å². The van der Waals surface area contributed by atoms with Gasteiger partial charge in [0.2, 0.25) is 10.0 Å². The van der Waals surface area contributed by atoms with Gasteiger partial charge in [-0.3, -0.25) is 4.90 Å². The molecule has 1 aliphatic heterocycles. The fraction of sp³-hybridized carbons (Fsp3) is 0.368. The Hall–Kier alpha value is -1.87. The van der Waals surface area contributed by atoms with Crippen LogP contribution >= 0.6 is 11.6 Å². The zero-order valence-electron chi connectivity index (χ0n) is 15.7. The Morgan fingerprint density at radius 3 is 2.29 bits per heavy atom. The van der Waals surface area contributed by atoms with Crippen LogP contribution < -0.4 is 9.47 Å². The second kappa shape index (κ2) is 8.65. The number of hydrogen-bond donors (Lipinski definition) is 0. The average Bonchev–Trinajstić information content (AvgIpc) is 2.70. The van der Waals surface area contributed by atoms with Gasteiger partial charge >= 0.3 is 0 Å². The Labute approximate surface area is 169 Å². The highest BCUT2D eigenvalue weighted by atomic mass is 35.5. The van der Waals surface area contributed by atoms with E-state index in [1.165, 1.54) is 42.8 Å². The van der Waals surface area contributed by atoms with Crippen molar-refractivity contribution in [1.29, 1.82) is 0 Å². The first-order valence-corrected chi connectivity index (χ1v) is 10.6. The number of benzene rings is 2. The van der Waals surface area contributed by atoms with Gasteiger partial charge in [-0.2, -0.15) is 4.31 Å². The fourth-order valence-electron chi connectivity index (χ4n) is 3.14. The van der Waals surface area contributed by atoms with Crippen molar-refractivity contribution in [3.8, 4) is 11.5 Å². The third kappa shape index (κ3) is 4.41. The SMILES string of the molecule is COc1ccc(S(=O)(=O)N2CCN(Cc3ccc(F)cc3Cl)CC2)cc1OC. The standard InChI is InChI=1S/C19H22ClFN2O4S/c1-26-18-6-5-16(12-19(18)27-2)28(24,25)23-9-7-22(8-10-23)13-14-3-4-15(21)11-17(14)20/h3-6,11-12H,7-10,13H2,1-2H3. The van der Waals surface area contributed by atoms with Crippen LogP contribution in [0.4, 0.5) is 4.39 Å². The molecule has 2 aromatic rings. The van der Waals surface area contributed by atoms with E-state index in [1.807, 2.05) is 0 Å². The van der Waals surface area contributed by atoms with Gasteiger partial charge in [0.1, 0.15) is 5.82 Å². The van der Waals surface area contributed by atoms with Gasteiger partial charge in [-0.25, -0.2) is 12.8 Å². The molecule has 0 amide bonds. The van der Waals surface area contributed by atoms with Crippen molar-refractivity contribution in [2.75, 3.05) is 40.4 Å². The van der Waals surface area contributed by atoms with Crippen LogP contribution in [0.2, 0.25) is 5.02 Å². The maximum absolute atomic E-state index is 13.2. The second-order valence-electron chi connectivity index (χ2n) is 6.43. The minimum absolute atomic E-state index is 0.167. The van der Waals surface area contributed by atoms with Gasteiger partial charge in [0.25, 0.3) is 0 Å². The molecule has 0 atom stereocenters. The van der Waals surface area contributed by atoms with E-state index in [0.717, 1.165) is 5.56 Å². The van der Waals surface area contributed by atoms with E-state index >= 15 is 0 Å². The summed E-state index contributed by atoms with van der Waals surface area (Å²) in [5.74, 6) is 0.468. The van der Waals surface area contributed by atoms with Crippen molar-refractivity contribution >= 4 is 21.6 Å². The molecule has 2 aromatic carbocycles. The zero-order chi connectivity index (χ0) is 20.3. The maximum atomic E-state index is 13.2. The monoisotopic (exact) mass is 428 g/mol. The number of piperazine rings is 1. The molecular weight excluding hydrogens is 407 g/mol. The smallest absolute Gasteiger partial charge is 0.243 e. The number of ether oxygens (including phenoxy) is 2. The molecule has 0 unspecified atom stereocenters. The van der Waals surface area contributed by atoms with Crippen molar-refractivity contribution in [1.82, 2.24) is 9.21 Å². The van der Waals surface area contributed by atoms with Crippen LogP contribution in [0.5, 0.6) is 11.5 Å². The molecule has 1 heterocycles. The van der Waals surface area contributed by atoms with Crippen molar-refractivity contribution in [3.05, 3.63) is 52.8 Å². The van der Waals surface area contributed by atoms with Crippen LogP contribution in [0, 0.1) is 5.82 Å². The highest BCUT2D eigenvalue weighted by Gasteiger charge is 2.29. The lowest BCUT2D eigenvalue weighted by Gasteiger charge is -2.34. The number of halogens is 2. The van der Waals surface area contributed by atoms with Crippen LogP contribution in [0.25, 0.3) is 0 Å². The third-order valence-electron chi connectivity index (χ3n) is 4.73. The molecule has 1 saturated heterocycles. The van der Waals surface area contributed by atoms with E-state index < -0.39 is 10.0 Å². The molecule has 0 aromatic heterocycles. The molecule has 0 radical (unpaired) electrons. The molecule has 0 saturated carbocycles. The number of methoxy groups -OCH3 is 2. The number of nitrogens with zero attached hydrogens (tertiary/aromatic N) is 2. The van der Waals surface area contributed by atoms with Crippen molar-refractivity contribution in [3.63, 3.8) is 0 Å². The molecule has 0 aliphatic carbocycles. The van der Waals surface area contributed by atoms with Crippen LogP contribution in [0.15, 0.2) is 41.3 Å². The van der Waals surface area contributed by atoms with Crippen molar-refractivity contribution in [2.45, 2.75) is 11.4 Å². The van der Waals surface area contributed by atoms with E-state index in [-0.39, 0.29) is 10.7 Å². The molecule has 152 valence electrons. The summed E-state index contributed by atoms with van der Waals surface area (Å²) in [5.41, 5.74) is 0.819. The summed E-state index contributed by atoms with van der Waals surface area (Å²) in [6.45, 7) is 2.37. The predicted molar refractivity (Wildman–Crippen MR) is 105 cm³/mol. The lowest BCUT2D eigenvalue weighted by Crippen LogP contribution is -2.48. The van der Waals surface area contributed by atoms with Gasteiger partial charge in [-0.05, 0) is 29.8 Å². The first kappa shape index (κ1) is 20.9. The lowest BCUT2D eigenvalue weighted by atomic mass is 10.2. The first-order valence-electron chi connectivity index (χ1n) is 8.73. The number of sulfonamides is 1. The second-order valence-corrected chi connectivity index (χ2v) is 8.78. The number of rotatable bonds is 6. The summed E-state index contributed by atoms with van der Waals surface area (Å²) in [6.07, 6.45) is 0. The summed E-state index contributed by atoms with van der Waals surface area (Å²) in [6, 6.07) is 8.89. The molecule has 9 heteroatoms. The van der Waals surface area contributed by atoms with Gasteiger partial charge in [0.15, 0.2) is 11.5 Å². The summed E-state index contributed by atoms with van der Waals surface area (Å²) in [5, 5.41) is 0.375. The molecule has 28 heavy (non-hydrogen) atoms. The largest absolute Gasteiger partial charge is 0.493 e. The highest BCUT2D eigenvalue weighted by Crippen LogP contribution is 2.31. The minimum atomic E-state index is -3.63. The topological polar surface area (TPSA) is 59.1 Å². The van der Waals surface area contributed by atoms with Crippen LogP contribution in [0.3, 0.4) is 0 Å².